The number of carbonyl (C=O) groups excluding carboxylic acids is 1. The second-order valence-electron chi connectivity index (χ2n) is 4.48. The zero-order valence-electron chi connectivity index (χ0n) is 9.82. The number of likely N-dealkylation sites (tertiary alicyclic amines) is 1. The van der Waals surface area contributed by atoms with Crippen molar-refractivity contribution in [3.8, 4) is 0 Å². The third-order valence-electron chi connectivity index (χ3n) is 3.11. The third-order valence-corrected chi connectivity index (χ3v) is 4.16. The van der Waals surface area contributed by atoms with Crippen LogP contribution in [0.2, 0.25) is 0 Å². The van der Waals surface area contributed by atoms with Gasteiger partial charge in [0, 0.05) is 17.6 Å². The van der Waals surface area contributed by atoms with E-state index in [4.69, 9.17) is 0 Å². The topological polar surface area (TPSA) is 40.5 Å². The Morgan fingerprint density at radius 1 is 1.53 bits per heavy atom. The Kier molecular flexibility index (Phi) is 3.84. The average Bonchev–Trinajstić information content (AvgIpc) is 2.32. The molecule has 17 heavy (non-hydrogen) atoms. The number of β-amino-alcohol motifs (C(OH)–C–C–N with tert-alkyl or cyclic N) is 1. The highest BCUT2D eigenvalue weighted by molar-refractivity contribution is 9.10. The van der Waals surface area contributed by atoms with Crippen LogP contribution in [-0.4, -0.2) is 35.1 Å². The molecule has 1 fully saturated rings. The minimum Gasteiger partial charge on any atom is -0.391 e. The van der Waals surface area contributed by atoms with Gasteiger partial charge in [-0.1, -0.05) is 12.1 Å². The second-order valence-corrected chi connectivity index (χ2v) is 5.28. The van der Waals surface area contributed by atoms with Gasteiger partial charge >= 0.3 is 0 Å². The highest BCUT2D eigenvalue weighted by atomic mass is 79.9. The van der Waals surface area contributed by atoms with Crippen LogP contribution in [0.4, 0.5) is 0 Å². The predicted molar refractivity (Wildman–Crippen MR) is 70.0 cm³/mol. The van der Waals surface area contributed by atoms with Gasteiger partial charge in [0.15, 0.2) is 0 Å². The van der Waals surface area contributed by atoms with E-state index in [0.29, 0.717) is 12.1 Å². The molecule has 1 heterocycles. The lowest BCUT2D eigenvalue weighted by Crippen LogP contribution is -2.42. The summed E-state index contributed by atoms with van der Waals surface area (Å²) in [5.74, 6) is -0.000625. The van der Waals surface area contributed by atoms with Crippen molar-refractivity contribution < 1.29 is 9.90 Å². The van der Waals surface area contributed by atoms with Crippen LogP contribution in [0.15, 0.2) is 22.7 Å². The lowest BCUT2D eigenvalue weighted by Gasteiger charge is -2.30. The zero-order valence-corrected chi connectivity index (χ0v) is 11.4. The van der Waals surface area contributed by atoms with Gasteiger partial charge in [-0.2, -0.15) is 0 Å². The Balaban J connectivity index is 2.22. The minimum absolute atomic E-state index is 0.000625. The van der Waals surface area contributed by atoms with E-state index in [-0.39, 0.29) is 12.0 Å². The van der Waals surface area contributed by atoms with Gasteiger partial charge < -0.3 is 10.0 Å². The number of halogens is 1. The maximum Gasteiger partial charge on any atom is 0.255 e. The van der Waals surface area contributed by atoms with Gasteiger partial charge in [-0.25, -0.2) is 0 Å². The first-order valence-electron chi connectivity index (χ1n) is 5.82. The number of aliphatic hydroxyl groups is 1. The molecule has 2 rings (SSSR count). The number of benzene rings is 1. The highest BCUT2D eigenvalue weighted by Crippen LogP contribution is 2.23. The summed E-state index contributed by atoms with van der Waals surface area (Å²) in [4.78, 5) is 14.0. The predicted octanol–water partition coefficient (Wildman–Crippen LogP) is 2.35. The number of nitrogens with zero attached hydrogens (tertiary/aromatic N) is 1. The molecule has 0 radical (unpaired) electrons. The maximum absolute atomic E-state index is 12.3. The molecule has 1 aromatic rings. The third kappa shape index (κ3) is 2.69. The van der Waals surface area contributed by atoms with Gasteiger partial charge in [-0.05, 0) is 47.3 Å². The molecule has 1 unspecified atom stereocenters. The molecule has 0 aromatic heterocycles. The van der Waals surface area contributed by atoms with E-state index in [2.05, 4.69) is 15.9 Å². The molecule has 92 valence electrons. The van der Waals surface area contributed by atoms with Gasteiger partial charge in [0.05, 0.1) is 11.7 Å². The van der Waals surface area contributed by atoms with Crippen molar-refractivity contribution in [3.05, 3.63) is 33.8 Å². The van der Waals surface area contributed by atoms with Crippen LogP contribution >= 0.6 is 15.9 Å². The summed E-state index contributed by atoms with van der Waals surface area (Å²) in [5.41, 5.74) is 1.73. The van der Waals surface area contributed by atoms with Crippen LogP contribution in [0.5, 0.6) is 0 Å². The van der Waals surface area contributed by atoms with Gasteiger partial charge in [0.25, 0.3) is 5.91 Å². The molecule has 0 saturated carbocycles. The van der Waals surface area contributed by atoms with Gasteiger partial charge in [-0.15, -0.1) is 0 Å². The SMILES string of the molecule is Cc1cccc(C(=O)N2CCCC(O)C2)c1Br. The van der Waals surface area contributed by atoms with Crippen LogP contribution in [0.1, 0.15) is 28.8 Å². The number of hydrogen-bond acceptors (Lipinski definition) is 2. The molecule has 0 aliphatic carbocycles. The Morgan fingerprint density at radius 2 is 2.29 bits per heavy atom. The molecule has 4 heteroatoms. The van der Waals surface area contributed by atoms with Crippen molar-refractivity contribution in [2.45, 2.75) is 25.9 Å². The normalized spacial score (nSPS) is 20.4. The number of aryl methyl sites for hydroxylation is 1. The highest BCUT2D eigenvalue weighted by Gasteiger charge is 2.24. The van der Waals surface area contributed by atoms with Crippen molar-refractivity contribution >= 4 is 21.8 Å². The van der Waals surface area contributed by atoms with E-state index in [1.54, 1.807) is 4.90 Å². The van der Waals surface area contributed by atoms with Crippen molar-refractivity contribution in [1.29, 1.82) is 0 Å². The largest absolute Gasteiger partial charge is 0.391 e. The summed E-state index contributed by atoms with van der Waals surface area (Å²) in [6.07, 6.45) is 1.28. The van der Waals surface area contributed by atoms with E-state index < -0.39 is 0 Å². The molecule has 1 aliphatic rings. The van der Waals surface area contributed by atoms with Crippen molar-refractivity contribution in [3.63, 3.8) is 0 Å². The minimum atomic E-state index is -0.378. The van der Waals surface area contributed by atoms with Crippen LogP contribution in [0, 0.1) is 6.92 Å². The number of rotatable bonds is 1. The first-order chi connectivity index (χ1) is 8.09. The first-order valence-corrected chi connectivity index (χ1v) is 6.61. The summed E-state index contributed by atoms with van der Waals surface area (Å²) in [6.45, 7) is 3.14. The summed E-state index contributed by atoms with van der Waals surface area (Å²) in [5, 5.41) is 9.59. The Morgan fingerprint density at radius 3 is 3.00 bits per heavy atom. The fourth-order valence-electron chi connectivity index (χ4n) is 2.12. The maximum atomic E-state index is 12.3. The second kappa shape index (κ2) is 5.19. The molecular weight excluding hydrogens is 282 g/mol. The number of hydrogen-bond donors (Lipinski definition) is 1. The lowest BCUT2D eigenvalue weighted by atomic mass is 10.1. The smallest absolute Gasteiger partial charge is 0.255 e. The molecule has 3 nitrogen and oxygen atoms in total. The van der Waals surface area contributed by atoms with E-state index in [0.717, 1.165) is 29.4 Å². The first kappa shape index (κ1) is 12.6. The van der Waals surface area contributed by atoms with E-state index in [9.17, 15) is 9.90 Å². The van der Waals surface area contributed by atoms with E-state index >= 15 is 0 Å². The lowest BCUT2D eigenvalue weighted by molar-refractivity contribution is 0.0473. The molecular formula is C13H16BrNO2. The monoisotopic (exact) mass is 297 g/mol. The van der Waals surface area contributed by atoms with Crippen LogP contribution in [-0.2, 0) is 0 Å². The number of amides is 1. The Hall–Kier alpha value is -0.870. The number of aliphatic hydroxyl groups excluding tert-OH is 1. The van der Waals surface area contributed by atoms with Crippen molar-refractivity contribution in [1.82, 2.24) is 4.90 Å². The van der Waals surface area contributed by atoms with E-state index in [1.807, 2.05) is 25.1 Å². The number of carbonyl (C=O) groups is 1. The van der Waals surface area contributed by atoms with Crippen molar-refractivity contribution in [2.75, 3.05) is 13.1 Å². The van der Waals surface area contributed by atoms with Crippen molar-refractivity contribution in [2.24, 2.45) is 0 Å². The standard InChI is InChI=1S/C13H16BrNO2/c1-9-4-2-6-11(12(9)14)13(17)15-7-3-5-10(16)8-15/h2,4,6,10,16H,3,5,7-8H2,1H3. The quantitative estimate of drug-likeness (QED) is 0.864. The summed E-state index contributed by atoms with van der Waals surface area (Å²) in [6, 6.07) is 5.67. The summed E-state index contributed by atoms with van der Waals surface area (Å²) in [7, 11) is 0. The molecule has 0 spiro atoms. The molecule has 1 atom stereocenters. The zero-order chi connectivity index (χ0) is 12.4. The van der Waals surface area contributed by atoms with Crippen LogP contribution < -0.4 is 0 Å². The molecule has 1 aliphatic heterocycles. The molecule has 1 saturated heterocycles. The molecule has 1 amide bonds. The average molecular weight is 298 g/mol. The fourth-order valence-corrected chi connectivity index (χ4v) is 2.56. The molecule has 1 aromatic carbocycles. The molecule has 0 bridgehead atoms. The van der Waals surface area contributed by atoms with E-state index in [1.165, 1.54) is 0 Å². The fraction of sp³-hybridized carbons (Fsp3) is 0.462. The van der Waals surface area contributed by atoms with Gasteiger partial charge in [-0.3, -0.25) is 4.79 Å². The van der Waals surface area contributed by atoms with Crippen LogP contribution in [0.25, 0.3) is 0 Å². The number of piperidine rings is 1. The van der Waals surface area contributed by atoms with Crippen LogP contribution in [0.3, 0.4) is 0 Å². The Bertz CT molecular complexity index is 433. The Labute approximate surface area is 110 Å². The van der Waals surface area contributed by atoms with Gasteiger partial charge in [0.2, 0.25) is 0 Å². The summed E-state index contributed by atoms with van der Waals surface area (Å²) < 4.78 is 0.852. The molecule has 1 N–H and O–H groups in total. The summed E-state index contributed by atoms with van der Waals surface area (Å²) >= 11 is 3.45. The van der Waals surface area contributed by atoms with Gasteiger partial charge in [0.1, 0.15) is 0 Å².